The summed E-state index contributed by atoms with van der Waals surface area (Å²) in [7, 11) is 3.83. The molecule has 6 heteroatoms. The summed E-state index contributed by atoms with van der Waals surface area (Å²) in [6.45, 7) is 4.30. The molecule has 1 aliphatic rings. The zero-order valence-electron chi connectivity index (χ0n) is 15.4. The summed E-state index contributed by atoms with van der Waals surface area (Å²) in [5.74, 6) is 2.43. The second kappa shape index (κ2) is 7.78. The van der Waals surface area contributed by atoms with Crippen molar-refractivity contribution >= 4 is 11.9 Å². The van der Waals surface area contributed by atoms with E-state index in [-0.39, 0.29) is 6.04 Å². The van der Waals surface area contributed by atoms with Gasteiger partial charge in [-0.1, -0.05) is 30.3 Å². The fourth-order valence-electron chi connectivity index (χ4n) is 3.44. The van der Waals surface area contributed by atoms with E-state index in [1.165, 1.54) is 24.8 Å². The monoisotopic (exact) mass is 340 g/mol. The van der Waals surface area contributed by atoms with Crippen LogP contribution in [-0.2, 0) is 6.42 Å². The molecule has 2 aromatic rings. The first-order valence-corrected chi connectivity index (χ1v) is 8.99. The summed E-state index contributed by atoms with van der Waals surface area (Å²) in [5, 5.41) is 0. The van der Waals surface area contributed by atoms with Gasteiger partial charge in [0.25, 0.3) is 0 Å². The van der Waals surface area contributed by atoms with Gasteiger partial charge in [0, 0.05) is 14.1 Å². The van der Waals surface area contributed by atoms with Crippen LogP contribution < -0.4 is 10.6 Å². The third-order valence-electron chi connectivity index (χ3n) is 5.00. The Morgan fingerprint density at radius 1 is 1.12 bits per heavy atom. The number of benzene rings is 1. The number of likely N-dealkylation sites (tertiary alicyclic amines) is 1. The van der Waals surface area contributed by atoms with E-state index in [1.807, 2.05) is 19.0 Å². The number of nitrogens with zero attached hydrogens (tertiary/aromatic N) is 5. The molecule has 25 heavy (non-hydrogen) atoms. The van der Waals surface area contributed by atoms with Crippen molar-refractivity contribution in [2.24, 2.45) is 5.92 Å². The highest BCUT2D eigenvalue weighted by atomic mass is 15.3. The van der Waals surface area contributed by atoms with Gasteiger partial charge in [0.1, 0.15) is 0 Å². The van der Waals surface area contributed by atoms with Gasteiger partial charge in [-0.3, -0.25) is 4.90 Å². The zero-order valence-corrected chi connectivity index (χ0v) is 15.4. The van der Waals surface area contributed by atoms with E-state index in [4.69, 9.17) is 5.73 Å². The van der Waals surface area contributed by atoms with Crippen LogP contribution in [0.15, 0.2) is 30.3 Å². The molecule has 1 aliphatic heterocycles. The number of aromatic nitrogens is 3. The van der Waals surface area contributed by atoms with Crippen LogP contribution in [0.3, 0.4) is 0 Å². The topological polar surface area (TPSA) is 71.2 Å². The molecular weight excluding hydrogens is 312 g/mol. The summed E-state index contributed by atoms with van der Waals surface area (Å²) in [5.41, 5.74) is 7.30. The standard InChI is InChI=1S/C19H28N6/c1-14(17-21-18(20)23-19(22-17)24(2)3)25-11-9-16(10-12-25)13-15-7-5-4-6-8-15/h4-8,14,16H,9-13H2,1-3H3,(H2,20,21,22,23). The molecule has 1 unspecified atom stereocenters. The highest BCUT2D eigenvalue weighted by Gasteiger charge is 2.25. The number of piperidine rings is 1. The summed E-state index contributed by atoms with van der Waals surface area (Å²) in [6, 6.07) is 10.9. The maximum absolute atomic E-state index is 5.87. The minimum Gasteiger partial charge on any atom is -0.368 e. The average molecular weight is 340 g/mol. The summed E-state index contributed by atoms with van der Waals surface area (Å²) in [4.78, 5) is 17.4. The van der Waals surface area contributed by atoms with Crippen LogP contribution in [0.25, 0.3) is 0 Å². The molecule has 0 radical (unpaired) electrons. The van der Waals surface area contributed by atoms with Crippen molar-refractivity contribution in [3.05, 3.63) is 41.7 Å². The molecule has 3 rings (SSSR count). The summed E-state index contributed by atoms with van der Waals surface area (Å²) < 4.78 is 0. The number of anilines is 2. The number of nitrogens with two attached hydrogens (primary N) is 1. The van der Waals surface area contributed by atoms with Crippen LogP contribution in [0, 0.1) is 5.92 Å². The van der Waals surface area contributed by atoms with E-state index in [1.54, 1.807) is 0 Å². The molecule has 0 aliphatic carbocycles. The Labute approximate surface area is 150 Å². The lowest BCUT2D eigenvalue weighted by Gasteiger charge is -2.35. The predicted octanol–water partition coefficient (Wildman–Crippen LogP) is 2.54. The maximum Gasteiger partial charge on any atom is 0.229 e. The molecule has 6 nitrogen and oxygen atoms in total. The second-order valence-corrected chi connectivity index (χ2v) is 7.09. The van der Waals surface area contributed by atoms with E-state index in [9.17, 15) is 0 Å². The van der Waals surface area contributed by atoms with Gasteiger partial charge in [0.05, 0.1) is 6.04 Å². The average Bonchev–Trinajstić information content (AvgIpc) is 2.62. The minimum absolute atomic E-state index is 0.154. The van der Waals surface area contributed by atoms with E-state index in [0.717, 1.165) is 24.8 Å². The van der Waals surface area contributed by atoms with Gasteiger partial charge in [-0.25, -0.2) is 0 Å². The number of nitrogen functional groups attached to an aromatic ring is 1. The summed E-state index contributed by atoms with van der Waals surface area (Å²) in [6.07, 6.45) is 3.59. The van der Waals surface area contributed by atoms with Gasteiger partial charge < -0.3 is 10.6 Å². The number of rotatable bonds is 5. The Morgan fingerprint density at radius 2 is 1.80 bits per heavy atom. The number of hydrogen-bond donors (Lipinski definition) is 1. The Morgan fingerprint density at radius 3 is 2.44 bits per heavy atom. The largest absolute Gasteiger partial charge is 0.368 e. The molecule has 134 valence electrons. The van der Waals surface area contributed by atoms with E-state index >= 15 is 0 Å². The normalized spacial score (nSPS) is 17.4. The molecule has 2 N–H and O–H groups in total. The van der Waals surface area contributed by atoms with Gasteiger partial charge in [-0.15, -0.1) is 0 Å². The van der Waals surface area contributed by atoms with Crippen LogP contribution >= 0.6 is 0 Å². The smallest absolute Gasteiger partial charge is 0.229 e. The molecule has 0 spiro atoms. The van der Waals surface area contributed by atoms with Crippen molar-refractivity contribution in [3.63, 3.8) is 0 Å². The lowest BCUT2D eigenvalue weighted by Crippen LogP contribution is -2.37. The van der Waals surface area contributed by atoms with Gasteiger partial charge in [0.2, 0.25) is 11.9 Å². The van der Waals surface area contributed by atoms with Crippen molar-refractivity contribution in [2.45, 2.75) is 32.2 Å². The SMILES string of the molecule is CC(c1nc(N)nc(N(C)C)n1)N1CCC(Cc2ccccc2)CC1. The number of hydrogen-bond acceptors (Lipinski definition) is 6. The molecule has 0 amide bonds. The van der Waals surface area contributed by atoms with Crippen molar-refractivity contribution in [3.8, 4) is 0 Å². The van der Waals surface area contributed by atoms with Gasteiger partial charge >= 0.3 is 0 Å². The highest BCUT2D eigenvalue weighted by molar-refractivity contribution is 5.33. The first-order valence-electron chi connectivity index (χ1n) is 8.99. The molecule has 1 aromatic heterocycles. The van der Waals surface area contributed by atoms with E-state index < -0.39 is 0 Å². The van der Waals surface area contributed by atoms with E-state index in [0.29, 0.717) is 11.9 Å². The lowest BCUT2D eigenvalue weighted by atomic mass is 9.89. The van der Waals surface area contributed by atoms with Crippen LogP contribution in [0.4, 0.5) is 11.9 Å². The third-order valence-corrected chi connectivity index (χ3v) is 5.00. The Balaban J connectivity index is 1.61. The van der Waals surface area contributed by atoms with Crippen LogP contribution in [0.5, 0.6) is 0 Å². The van der Waals surface area contributed by atoms with Crippen LogP contribution in [-0.4, -0.2) is 47.0 Å². The first kappa shape index (κ1) is 17.6. The fourth-order valence-corrected chi connectivity index (χ4v) is 3.44. The van der Waals surface area contributed by atoms with Gasteiger partial charge in [-0.05, 0) is 50.8 Å². The molecular formula is C19H28N6. The van der Waals surface area contributed by atoms with E-state index in [2.05, 4.69) is 57.1 Å². The fraction of sp³-hybridized carbons (Fsp3) is 0.526. The molecule has 0 saturated carbocycles. The van der Waals surface area contributed by atoms with Crippen molar-refractivity contribution in [1.29, 1.82) is 0 Å². The van der Waals surface area contributed by atoms with Gasteiger partial charge in [-0.2, -0.15) is 15.0 Å². The Kier molecular flexibility index (Phi) is 5.48. The second-order valence-electron chi connectivity index (χ2n) is 7.09. The van der Waals surface area contributed by atoms with Crippen molar-refractivity contribution in [1.82, 2.24) is 19.9 Å². The first-order chi connectivity index (χ1) is 12.0. The third kappa shape index (κ3) is 4.45. The molecule has 1 atom stereocenters. The van der Waals surface area contributed by atoms with Crippen LogP contribution in [0.2, 0.25) is 0 Å². The molecule has 1 fully saturated rings. The zero-order chi connectivity index (χ0) is 17.8. The van der Waals surface area contributed by atoms with Gasteiger partial charge in [0.15, 0.2) is 5.82 Å². The molecule has 2 heterocycles. The van der Waals surface area contributed by atoms with Crippen molar-refractivity contribution < 1.29 is 0 Å². The molecule has 0 bridgehead atoms. The molecule has 1 saturated heterocycles. The Hall–Kier alpha value is -2.21. The quantitative estimate of drug-likeness (QED) is 0.902. The predicted molar refractivity (Wildman–Crippen MR) is 101 cm³/mol. The minimum atomic E-state index is 0.154. The maximum atomic E-state index is 5.87. The molecule has 1 aromatic carbocycles. The van der Waals surface area contributed by atoms with Crippen LogP contribution in [0.1, 0.15) is 37.2 Å². The van der Waals surface area contributed by atoms with Crippen molar-refractivity contribution in [2.75, 3.05) is 37.8 Å². The Bertz CT molecular complexity index is 680. The highest BCUT2D eigenvalue weighted by Crippen LogP contribution is 2.27. The summed E-state index contributed by atoms with van der Waals surface area (Å²) >= 11 is 0. The lowest BCUT2D eigenvalue weighted by molar-refractivity contribution is 0.136.